The summed E-state index contributed by atoms with van der Waals surface area (Å²) >= 11 is 0. The molecule has 0 bridgehead atoms. The maximum absolute atomic E-state index is 13.6. The quantitative estimate of drug-likeness (QED) is 0.796. The van der Waals surface area contributed by atoms with Crippen LogP contribution in [0.15, 0.2) is 55.0 Å². The molecule has 0 saturated heterocycles. The Bertz CT molecular complexity index is 868. The lowest BCUT2D eigenvalue weighted by Crippen LogP contribution is -2.12. The van der Waals surface area contributed by atoms with Crippen molar-refractivity contribution in [1.82, 2.24) is 15.0 Å². The molecule has 3 rings (SSSR count). The number of amides is 1. The molecular formula is C17H13FN4O2. The summed E-state index contributed by atoms with van der Waals surface area (Å²) in [7, 11) is 0. The molecule has 1 amide bonds. The van der Waals surface area contributed by atoms with Crippen molar-refractivity contribution in [2.24, 2.45) is 0 Å². The van der Waals surface area contributed by atoms with Crippen LogP contribution in [0.3, 0.4) is 0 Å². The summed E-state index contributed by atoms with van der Waals surface area (Å²) < 4.78 is 19.0. The number of aryl methyl sites for hydroxylation is 1. The van der Waals surface area contributed by atoms with Gasteiger partial charge in [0, 0.05) is 17.8 Å². The van der Waals surface area contributed by atoms with Gasteiger partial charge in [-0.25, -0.2) is 19.3 Å². The number of aromatic nitrogens is 3. The molecule has 24 heavy (non-hydrogen) atoms. The molecule has 0 aliphatic heterocycles. The van der Waals surface area contributed by atoms with Gasteiger partial charge in [-0.2, -0.15) is 0 Å². The Hall–Kier alpha value is -3.35. The zero-order chi connectivity index (χ0) is 16.9. The number of hydrogen-bond donors (Lipinski definition) is 1. The number of pyridine rings is 1. The molecule has 6 nitrogen and oxygen atoms in total. The first-order chi connectivity index (χ1) is 11.6. The van der Waals surface area contributed by atoms with Crippen molar-refractivity contribution in [2.45, 2.75) is 6.92 Å². The lowest BCUT2D eigenvalue weighted by atomic mass is 10.2. The van der Waals surface area contributed by atoms with Gasteiger partial charge in [0.2, 0.25) is 5.88 Å². The van der Waals surface area contributed by atoms with Gasteiger partial charge in [0.25, 0.3) is 5.91 Å². The number of benzene rings is 1. The topological polar surface area (TPSA) is 77.0 Å². The fourth-order valence-electron chi connectivity index (χ4n) is 1.91. The molecule has 2 heterocycles. The van der Waals surface area contributed by atoms with Crippen molar-refractivity contribution in [3.05, 3.63) is 72.2 Å². The van der Waals surface area contributed by atoms with Gasteiger partial charge in [0.1, 0.15) is 5.82 Å². The Morgan fingerprint density at radius 1 is 1.12 bits per heavy atom. The van der Waals surface area contributed by atoms with Crippen LogP contribution in [-0.4, -0.2) is 20.9 Å². The first-order valence-corrected chi connectivity index (χ1v) is 7.10. The van der Waals surface area contributed by atoms with Crippen LogP contribution in [0.1, 0.15) is 16.2 Å². The number of para-hydroxylation sites is 1. The van der Waals surface area contributed by atoms with Gasteiger partial charge in [0.05, 0.1) is 18.1 Å². The van der Waals surface area contributed by atoms with Crippen LogP contribution >= 0.6 is 0 Å². The molecule has 0 fully saturated rings. The van der Waals surface area contributed by atoms with E-state index in [1.807, 2.05) is 0 Å². The Morgan fingerprint density at radius 2 is 1.88 bits per heavy atom. The lowest BCUT2D eigenvalue weighted by molar-refractivity contribution is 0.102. The molecule has 1 aromatic carbocycles. The van der Waals surface area contributed by atoms with Crippen molar-refractivity contribution in [3.8, 4) is 11.6 Å². The summed E-state index contributed by atoms with van der Waals surface area (Å²) in [6, 6.07) is 8.92. The number of carbonyl (C=O) groups excluding carboxylic acids is 1. The molecule has 0 aliphatic carbocycles. The van der Waals surface area contributed by atoms with E-state index in [1.165, 1.54) is 42.9 Å². The highest BCUT2D eigenvalue weighted by atomic mass is 19.1. The second-order valence-corrected chi connectivity index (χ2v) is 4.89. The summed E-state index contributed by atoms with van der Waals surface area (Å²) in [5.74, 6) is -0.117. The molecule has 0 atom stereocenters. The zero-order valence-electron chi connectivity index (χ0n) is 12.7. The maximum atomic E-state index is 13.6. The minimum atomic E-state index is -0.508. The third-order valence-corrected chi connectivity index (χ3v) is 3.09. The maximum Gasteiger partial charge on any atom is 0.255 e. The van der Waals surface area contributed by atoms with E-state index in [9.17, 15) is 9.18 Å². The predicted octanol–water partition coefficient (Wildman–Crippen LogP) is 3.36. The standard InChI is InChI=1S/C17H13FN4O2/c1-11-20-9-13(10-21-11)22-17(23)12-6-7-19-16(8-12)24-15-5-3-2-4-14(15)18/h2-10H,1H3,(H,22,23). The molecule has 0 aliphatic rings. The van der Waals surface area contributed by atoms with Crippen LogP contribution in [-0.2, 0) is 0 Å². The molecule has 3 aromatic rings. The van der Waals surface area contributed by atoms with Crippen LogP contribution in [0.4, 0.5) is 10.1 Å². The van der Waals surface area contributed by atoms with E-state index >= 15 is 0 Å². The highest BCUT2D eigenvalue weighted by molar-refractivity contribution is 6.04. The van der Waals surface area contributed by atoms with Crippen LogP contribution in [0.25, 0.3) is 0 Å². The third-order valence-electron chi connectivity index (χ3n) is 3.09. The molecular weight excluding hydrogens is 311 g/mol. The predicted molar refractivity (Wildman–Crippen MR) is 85.4 cm³/mol. The summed E-state index contributed by atoms with van der Waals surface area (Å²) in [4.78, 5) is 24.2. The number of ether oxygens (including phenoxy) is 1. The van der Waals surface area contributed by atoms with Crippen LogP contribution in [0.2, 0.25) is 0 Å². The molecule has 0 radical (unpaired) electrons. The van der Waals surface area contributed by atoms with Gasteiger partial charge in [-0.1, -0.05) is 12.1 Å². The van der Waals surface area contributed by atoms with E-state index < -0.39 is 5.82 Å². The van der Waals surface area contributed by atoms with Gasteiger partial charge >= 0.3 is 0 Å². The Morgan fingerprint density at radius 3 is 2.62 bits per heavy atom. The van der Waals surface area contributed by atoms with Crippen LogP contribution in [0, 0.1) is 12.7 Å². The average Bonchev–Trinajstić information content (AvgIpc) is 2.59. The second kappa shape index (κ2) is 6.82. The van der Waals surface area contributed by atoms with E-state index in [-0.39, 0.29) is 17.5 Å². The third kappa shape index (κ3) is 3.70. The highest BCUT2D eigenvalue weighted by Crippen LogP contribution is 2.23. The number of rotatable bonds is 4. The second-order valence-electron chi connectivity index (χ2n) is 4.89. The number of hydrogen-bond acceptors (Lipinski definition) is 5. The van der Waals surface area contributed by atoms with E-state index in [0.717, 1.165) is 0 Å². The van der Waals surface area contributed by atoms with Gasteiger partial charge < -0.3 is 10.1 Å². The van der Waals surface area contributed by atoms with Crippen molar-refractivity contribution < 1.29 is 13.9 Å². The van der Waals surface area contributed by atoms with Gasteiger partial charge in [0.15, 0.2) is 11.6 Å². The average molecular weight is 324 g/mol. The molecule has 1 N–H and O–H groups in total. The summed E-state index contributed by atoms with van der Waals surface area (Å²) in [6.45, 7) is 1.75. The van der Waals surface area contributed by atoms with Gasteiger partial charge in [-0.15, -0.1) is 0 Å². The summed E-state index contributed by atoms with van der Waals surface area (Å²) in [6.07, 6.45) is 4.44. The van der Waals surface area contributed by atoms with Crippen molar-refractivity contribution in [1.29, 1.82) is 0 Å². The normalized spacial score (nSPS) is 10.2. The van der Waals surface area contributed by atoms with E-state index in [1.54, 1.807) is 19.1 Å². The SMILES string of the molecule is Cc1ncc(NC(=O)c2ccnc(Oc3ccccc3F)c2)cn1. The van der Waals surface area contributed by atoms with Crippen molar-refractivity contribution >= 4 is 11.6 Å². The first-order valence-electron chi connectivity index (χ1n) is 7.10. The fourth-order valence-corrected chi connectivity index (χ4v) is 1.91. The van der Waals surface area contributed by atoms with Gasteiger partial charge in [-0.3, -0.25) is 4.79 Å². The molecule has 7 heteroatoms. The molecule has 0 spiro atoms. The Balaban J connectivity index is 1.76. The number of anilines is 1. The molecule has 0 unspecified atom stereocenters. The van der Waals surface area contributed by atoms with Crippen LogP contribution in [0.5, 0.6) is 11.6 Å². The zero-order valence-corrected chi connectivity index (χ0v) is 12.7. The minimum Gasteiger partial charge on any atom is -0.436 e. The lowest BCUT2D eigenvalue weighted by Gasteiger charge is -2.08. The fraction of sp³-hybridized carbons (Fsp3) is 0.0588. The molecule has 0 saturated carbocycles. The smallest absolute Gasteiger partial charge is 0.255 e. The van der Waals surface area contributed by atoms with E-state index in [2.05, 4.69) is 20.3 Å². The Labute approximate surface area is 137 Å². The summed E-state index contributed by atoms with van der Waals surface area (Å²) in [5.41, 5.74) is 0.788. The largest absolute Gasteiger partial charge is 0.436 e. The van der Waals surface area contributed by atoms with E-state index in [4.69, 9.17) is 4.74 Å². The number of nitrogens with zero attached hydrogens (tertiary/aromatic N) is 3. The summed E-state index contributed by atoms with van der Waals surface area (Å²) in [5, 5.41) is 2.67. The highest BCUT2D eigenvalue weighted by Gasteiger charge is 2.10. The molecule has 120 valence electrons. The Kier molecular flexibility index (Phi) is 4.42. The van der Waals surface area contributed by atoms with Crippen LogP contribution < -0.4 is 10.1 Å². The molecule has 2 aromatic heterocycles. The number of halogens is 1. The van der Waals surface area contributed by atoms with E-state index in [0.29, 0.717) is 17.1 Å². The number of nitrogens with one attached hydrogen (secondary N) is 1. The monoisotopic (exact) mass is 324 g/mol. The van der Waals surface area contributed by atoms with Crippen molar-refractivity contribution in [3.63, 3.8) is 0 Å². The minimum absolute atomic E-state index is 0.0366. The number of carbonyl (C=O) groups is 1. The van der Waals surface area contributed by atoms with Gasteiger partial charge in [-0.05, 0) is 25.1 Å². The first kappa shape index (κ1) is 15.5. The van der Waals surface area contributed by atoms with Crippen molar-refractivity contribution in [2.75, 3.05) is 5.32 Å².